The number of nitrogens with zero attached hydrogens (tertiary/aromatic N) is 3. The lowest BCUT2D eigenvalue weighted by Gasteiger charge is -2.32. The van der Waals surface area contributed by atoms with Gasteiger partial charge in [0.25, 0.3) is 17.1 Å². The highest BCUT2D eigenvalue weighted by Gasteiger charge is 2.36. The van der Waals surface area contributed by atoms with Crippen molar-refractivity contribution >= 4 is 58.1 Å². The van der Waals surface area contributed by atoms with E-state index < -0.39 is 17.1 Å². The lowest BCUT2D eigenvalue weighted by atomic mass is 10.2. The molecule has 2 saturated heterocycles. The minimum atomic E-state index is -0.533. The van der Waals surface area contributed by atoms with Crippen LogP contribution in [0.1, 0.15) is 5.56 Å². The third-order valence-corrected chi connectivity index (χ3v) is 5.80. The molecule has 0 radical (unpaired) electrons. The van der Waals surface area contributed by atoms with Crippen molar-refractivity contribution in [2.24, 2.45) is 0 Å². The molecular weight excluding hydrogens is 411 g/mol. The maximum Gasteiger partial charge on any atom is 0.294 e. The maximum atomic E-state index is 12.5. The second-order valence-corrected chi connectivity index (χ2v) is 8.04. The molecule has 2 aliphatic rings. The highest BCUT2D eigenvalue weighted by Crippen LogP contribution is 2.35. The fraction of sp³-hybridized carbons (Fsp3) is 0.353. The molecule has 0 unspecified atom stereocenters. The lowest BCUT2D eigenvalue weighted by molar-refractivity contribution is -0.132. The zero-order valence-corrected chi connectivity index (χ0v) is 16.9. The second-order valence-electron chi connectivity index (χ2n) is 6.23. The smallest absolute Gasteiger partial charge is 0.294 e. The minimum absolute atomic E-state index is 0.183. The Balaban J connectivity index is 1.66. The first-order valence-electron chi connectivity index (χ1n) is 8.27. The third kappa shape index (κ3) is 4.83. The average Bonchev–Trinajstić information content (AvgIpc) is 2.88. The van der Waals surface area contributed by atoms with Crippen LogP contribution >= 0.6 is 35.0 Å². The first kappa shape index (κ1) is 20.2. The van der Waals surface area contributed by atoms with Crippen LogP contribution in [0.3, 0.4) is 0 Å². The van der Waals surface area contributed by atoms with Crippen LogP contribution in [0.2, 0.25) is 10.0 Å². The van der Waals surface area contributed by atoms with Gasteiger partial charge in [-0.15, -0.1) is 0 Å². The Hall–Kier alpha value is -1.58. The highest BCUT2D eigenvalue weighted by atomic mass is 35.5. The van der Waals surface area contributed by atoms with Crippen LogP contribution in [0.15, 0.2) is 23.1 Å². The zero-order chi connectivity index (χ0) is 19.6. The minimum Gasteiger partial charge on any atom is -0.304 e. The van der Waals surface area contributed by atoms with Gasteiger partial charge in [0, 0.05) is 41.8 Å². The van der Waals surface area contributed by atoms with Crippen LogP contribution < -0.4 is 5.43 Å². The van der Waals surface area contributed by atoms with Crippen molar-refractivity contribution in [3.63, 3.8) is 0 Å². The van der Waals surface area contributed by atoms with Gasteiger partial charge < -0.3 is 4.90 Å². The number of hydrazine groups is 1. The molecule has 0 spiro atoms. The van der Waals surface area contributed by atoms with Crippen molar-refractivity contribution in [2.75, 3.05) is 39.8 Å². The molecule has 0 aliphatic carbocycles. The van der Waals surface area contributed by atoms with Crippen LogP contribution in [-0.4, -0.2) is 71.6 Å². The number of rotatable bonds is 4. The van der Waals surface area contributed by atoms with Gasteiger partial charge in [-0.3, -0.25) is 24.7 Å². The van der Waals surface area contributed by atoms with Crippen LogP contribution in [0, 0.1) is 0 Å². The molecular formula is C17H18Cl2N4O3S. The predicted octanol–water partition coefficient (Wildman–Crippen LogP) is 2.31. The molecule has 1 aromatic carbocycles. The molecule has 10 heteroatoms. The Bertz CT molecular complexity index is 789. The summed E-state index contributed by atoms with van der Waals surface area (Å²) in [6.45, 7) is 2.72. The van der Waals surface area contributed by atoms with Crippen molar-refractivity contribution in [1.29, 1.82) is 0 Å². The summed E-state index contributed by atoms with van der Waals surface area (Å²) in [5, 5.41) is 2.05. The summed E-state index contributed by atoms with van der Waals surface area (Å²) in [7, 11) is 2.01. The normalized spacial score (nSPS) is 20.6. The number of carbonyl (C=O) groups excluding carboxylic acids is 3. The van der Waals surface area contributed by atoms with Gasteiger partial charge in [-0.2, -0.15) is 0 Å². The molecule has 7 nitrogen and oxygen atoms in total. The second kappa shape index (κ2) is 8.62. The van der Waals surface area contributed by atoms with E-state index in [2.05, 4.69) is 10.3 Å². The van der Waals surface area contributed by atoms with Gasteiger partial charge in [0.05, 0.1) is 4.91 Å². The van der Waals surface area contributed by atoms with E-state index in [1.807, 2.05) is 7.05 Å². The monoisotopic (exact) mass is 428 g/mol. The Morgan fingerprint density at radius 3 is 2.44 bits per heavy atom. The molecule has 2 fully saturated rings. The average molecular weight is 429 g/mol. The number of piperazine rings is 1. The number of hydrogen-bond donors (Lipinski definition) is 1. The molecule has 3 amide bonds. The van der Waals surface area contributed by atoms with E-state index in [0.717, 1.165) is 29.8 Å². The van der Waals surface area contributed by atoms with Gasteiger partial charge >= 0.3 is 0 Å². The van der Waals surface area contributed by atoms with E-state index in [1.54, 1.807) is 23.2 Å². The summed E-state index contributed by atoms with van der Waals surface area (Å²) in [5.74, 6) is -0.937. The van der Waals surface area contributed by atoms with E-state index in [-0.39, 0.29) is 11.4 Å². The van der Waals surface area contributed by atoms with E-state index in [4.69, 9.17) is 23.2 Å². The molecule has 0 atom stereocenters. The van der Waals surface area contributed by atoms with Gasteiger partial charge in [0.2, 0.25) is 0 Å². The quantitative estimate of drug-likeness (QED) is 0.741. The van der Waals surface area contributed by atoms with Gasteiger partial charge in [-0.05, 0) is 37.0 Å². The SMILES string of the molecule is CN1CCN(NC(=O)CN2C(=O)S/C(=C\c3c(Cl)cccc3Cl)C2=O)CC1. The summed E-state index contributed by atoms with van der Waals surface area (Å²) in [6.07, 6.45) is 1.48. The predicted molar refractivity (Wildman–Crippen MR) is 106 cm³/mol. The van der Waals surface area contributed by atoms with Crippen molar-refractivity contribution in [1.82, 2.24) is 20.2 Å². The summed E-state index contributed by atoms with van der Waals surface area (Å²) in [5.41, 5.74) is 3.21. The summed E-state index contributed by atoms with van der Waals surface area (Å²) in [6, 6.07) is 4.98. The van der Waals surface area contributed by atoms with Crippen molar-refractivity contribution < 1.29 is 14.4 Å². The van der Waals surface area contributed by atoms with Crippen molar-refractivity contribution in [3.8, 4) is 0 Å². The molecule has 0 aromatic heterocycles. The van der Waals surface area contributed by atoms with E-state index in [9.17, 15) is 14.4 Å². The van der Waals surface area contributed by atoms with Gasteiger partial charge in [-0.1, -0.05) is 29.3 Å². The molecule has 1 N–H and O–H groups in total. The Morgan fingerprint density at radius 1 is 1.19 bits per heavy atom. The van der Waals surface area contributed by atoms with Gasteiger partial charge in [0.15, 0.2) is 0 Å². The van der Waals surface area contributed by atoms with Crippen LogP contribution in [0.4, 0.5) is 4.79 Å². The molecule has 27 heavy (non-hydrogen) atoms. The number of likely N-dealkylation sites (N-methyl/N-ethyl adjacent to an activating group) is 1. The lowest BCUT2D eigenvalue weighted by Crippen LogP contribution is -2.54. The molecule has 2 heterocycles. The van der Waals surface area contributed by atoms with Crippen molar-refractivity contribution in [2.45, 2.75) is 0 Å². The van der Waals surface area contributed by atoms with Crippen molar-refractivity contribution in [3.05, 3.63) is 38.7 Å². The Labute approximate surface area is 171 Å². The first-order chi connectivity index (χ1) is 12.8. The van der Waals surface area contributed by atoms with E-state index in [0.29, 0.717) is 28.7 Å². The highest BCUT2D eigenvalue weighted by molar-refractivity contribution is 8.18. The molecule has 0 bridgehead atoms. The number of imide groups is 1. The number of benzene rings is 1. The molecule has 144 valence electrons. The number of halogens is 2. The summed E-state index contributed by atoms with van der Waals surface area (Å²) >= 11 is 13.0. The van der Waals surface area contributed by atoms with Crippen LogP contribution in [0.5, 0.6) is 0 Å². The molecule has 3 rings (SSSR count). The molecule has 0 saturated carbocycles. The number of hydrogen-bond acceptors (Lipinski definition) is 6. The fourth-order valence-corrected chi connectivity index (χ4v) is 4.02. The molecule has 2 aliphatic heterocycles. The number of nitrogens with one attached hydrogen (secondary N) is 1. The fourth-order valence-electron chi connectivity index (χ4n) is 2.69. The van der Waals surface area contributed by atoms with Gasteiger partial charge in [0.1, 0.15) is 6.54 Å². The number of amides is 3. The largest absolute Gasteiger partial charge is 0.304 e. The van der Waals surface area contributed by atoms with E-state index in [1.165, 1.54) is 6.08 Å². The topological polar surface area (TPSA) is 73.0 Å². The van der Waals surface area contributed by atoms with Gasteiger partial charge in [-0.25, -0.2) is 5.01 Å². The third-order valence-electron chi connectivity index (χ3n) is 4.24. The molecule has 1 aromatic rings. The number of thioether (sulfide) groups is 1. The Morgan fingerprint density at radius 2 is 1.81 bits per heavy atom. The summed E-state index contributed by atoms with van der Waals surface area (Å²) in [4.78, 5) is 40.2. The van der Waals surface area contributed by atoms with E-state index >= 15 is 0 Å². The number of carbonyl (C=O) groups is 3. The Kier molecular flexibility index (Phi) is 6.44. The zero-order valence-electron chi connectivity index (χ0n) is 14.6. The van der Waals surface area contributed by atoms with Crippen LogP contribution in [-0.2, 0) is 9.59 Å². The first-order valence-corrected chi connectivity index (χ1v) is 9.85. The standard InChI is InChI=1S/C17H18Cl2N4O3S/c1-21-5-7-22(8-6-21)20-15(24)10-23-16(25)14(27-17(23)26)9-11-12(18)3-2-4-13(11)19/h2-4,9H,5-8,10H2,1H3,(H,20,24)/b14-9-. The maximum absolute atomic E-state index is 12.5. The summed E-state index contributed by atoms with van der Waals surface area (Å²) < 4.78 is 0. The van der Waals surface area contributed by atoms with Crippen LogP contribution in [0.25, 0.3) is 6.08 Å².